The predicted octanol–water partition coefficient (Wildman–Crippen LogP) is 4.49. The van der Waals surface area contributed by atoms with Gasteiger partial charge in [0, 0.05) is 29.7 Å². The molecule has 1 heterocycles. The number of hydrogen-bond donors (Lipinski definition) is 3. The number of aliphatic hydroxyl groups excluding tert-OH is 1. The normalized spacial score (nSPS) is 14.5. The summed E-state index contributed by atoms with van der Waals surface area (Å²) in [7, 11) is 0. The molecule has 0 saturated carbocycles. The van der Waals surface area contributed by atoms with Crippen molar-refractivity contribution in [3.8, 4) is 0 Å². The molecular formula is C24H29Cl2NO6. The number of ether oxygens (including phenoxy) is 1. The average Bonchev–Trinajstić information content (AvgIpc) is 2.80. The first-order valence-electron chi connectivity index (χ1n) is 10.8. The van der Waals surface area contributed by atoms with Gasteiger partial charge in [-0.15, -0.1) is 0 Å². The molecule has 1 fully saturated rings. The Morgan fingerprint density at radius 3 is 1.73 bits per heavy atom. The van der Waals surface area contributed by atoms with Crippen molar-refractivity contribution < 1.29 is 29.6 Å². The molecule has 7 nitrogen and oxygen atoms in total. The van der Waals surface area contributed by atoms with E-state index in [1.807, 2.05) is 48.5 Å². The zero-order valence-electron chi connectivity index (χ0n) is 18.2. The van der Waals surface area contributed by atoms with Gasteiger partial charge in [0.2, 0.25) is 0 Å². The van der Waals surface area contributed by atoms with Crippen LogP contribution in [0.2, 0.25) is 10.0 Å². The summed E-state index contributed by atoms with van der Waals surface area (Å²) in [4.78, 5) is 20.7. The Morgan fingerprint density at radius 1 is 0.879 bits per heavy atom. The first kappa shape index (κ1) is 27.1. The number of piperidine rings is 1. The lowest BCUT2D eigenvalue weighted by atomic mass is 10.00. The van der Waals surface area contributed by atoms with Crippen LogP contribution in [0.15, 0.2) is 48.5 Å². The van der Waals surface area contributed by atoms with E-state index < -0.39 is 11.9 Å². The fourth-order valence-corrected chi connectivity index (χ4v) is 3.79. The lowest BCUT2D eigenvalue weighted by Crippen LogP contribution is -2.38. The molecule has 3 N–H and O–H groups in total. The number of carboxylic acid groups (broad SMARTS) is 2. The van der Waals surface area contributed by atoms with Crippen LogP contribution in [0, 0.1) is 0 Å². The lowest BCUT2D eigenvalue weighted by molar-refractivity contribution is -0.159. The quantitative estimate of drug-likeness (QED) is 0.364. The first-order chi connectivity index (χ1) is 15.8. The number of carboxylic acids is 2. The van der Waals surface area contributed by atoms with Crippen molar-refractivity contribution in [2.24, 2.45) is 0 Å². The summed E-state index contributed by atoms with van der Waals surface area (Å²) >= 11 is 12.1. The number of benzene rings is 2. The molecule has 2 aromatic rings. The highest BCUT2D eigenvalue weighted by Crippen LogP contribution is 2.31. The molecule has 0 aliphatic carbocycles. The Kier molecular flexibility index (Phi) is 11.6. The smallest absolute Gasteiger partial charge is 0.414 e. The van der Waals surface area contributed by atoms with E-state index in [4.69, 9.17) is 52.8 Å². The molecule has 180 valence electrons. The average molecular weight is 498 g/mol. The molecule has 3 rings (SSSR count). The highest BCUT2D eigenvalue weighted by atomic mass is 35.5. The number of unbranched alkanes of at least 4 members (excludes halogenated alkanes) is 1. The Morgan fingerprint density at radius 2 is 1.33 bits per heavy atom. The molecule has 1 aliphatic heterocycles. The molecule has 0 bridgehead atoms. The van der Waals surface area contributed by atoms with E-state index in [1.165, 1.54) is 0 Å². The van der Waals surface area contributed by atoms with Crippen LogP contribution in [0.1, 0.15) is 42.9 Å². The summed E-state index contributed by atoms with van der Waals surface area (Å²) in [6.07, 6.45) is 4.10. The SMILES string of the molecule is O=C(O)C(=O)O.OCCCCN1CCC(OC(c2ccc(Cl)cc2)c2ccc(Cl)cc2)CC1. The monoisotopic (exact) mass is 497 g/mol. The second-order valence-electron chi connectivity index (χ2n) is 7.70. The van der Waals surface area contributed by atoms with Crippen LogP contribution in [0.4, 0.5) is 0 Å². The van der Waals surface area contributed by atoms with Crippen molar-refractivity contribution in [3.63, 3.8) is 0 Å². The van der Waals surface area contributed by atoms with Crippen molar-refractivity contribution in [2.75, 3.05) is 26.2 Å². The van der Waals surface area contributed by atoms with E-state index in [9.17, 15) is 0 Å². The number of aliphatic carboxylic acids is 2. The molecule has 1 aliphatic rings. The Labute approximate surface area is 203 Å². The summed E-state index contributed by atoms with van der Waals surface area (Å²) in [5, 5.41) is 25.2. The van der Waals surface area contributed by atoms with Crippen LogP contribution < -0.4 is 0 Å². The van der Waals surface area contributed by atoms with Gasteiger partial charge in [-0.05, 0) is 67.6 Å². The molecule has 9 heteroatoms. The van der Waals surface area contributed by atoms with E-state index in [0.29, 0.717) is 0 Å². The van der Waals surface area contributed by atoms with Crippen molar-refractivity contribution in [1.82, 2.24) is 4.90 Å². The number of aliphatic hydroxyl groups is 1. The molecule has 0 unspecified atom stereocenters. The lowest BCUT2D eigenvalue weighted by Gasteiger charge is -2.34. The third-order valence-electron chi connectivity index (χ3n) is 5.27. The number of nitrogens with zero attached hydrogens (tertiary/aromatic N) is 1. The van der Waals surface area contributed by atoms with Gasteiger partial charge in [0.1, 0.15) is 6.10 Å². The molecule has 0 aromatic heterocycles. The van der Waals surface area contributed by atoms with E-state index in [0.717, 1.165) is 66.5 Å². The van der Waals surface area contributed by atoms with Crippen molar-refractivity contribution >= 4 is 35.1 Å². The Bertz CT molecular complexity index is 810. The predicted molar refractivity (Wildman–Crippen MR) is 127 cm³/mol. The fourth-order valence-electron chi connectivity index (χ4n) is 3.53. The molecule has 2 aromatic carbocycles. The van der Waals surface area contributed by atoms with Crippen LogP contribution in [-0.2, 0) is 14.3 Å². The number of rotatable bonds is 8. The maximum Gasteiger partial charge on any atom is 0.414 e. The molecule has 33 heavy (non-hydrogen) atoms. The van der Waals surface area contributed by atoms with E-state index in [1.54, 1.807) is 0 Å². The van der Waals surface area contributed by atoms with Gasteiger partial charge in [-0.2, -0.15) is 0 Å². The molecule has 1 saturated heterocycles. The van der Waals surface area contributed by atoms with E-state index >= 15 is 0 Å². The highest BCUT2D eigenvalue weighted by molar-refractivity contribution is 6.30. The first-order valence-corrected chi connectivity index (χ1v) is 11.5. The van der Waals surface area contributed by atoms with Crippen LogP contribution in [0.5, 0.6) is 0 Å². The Hall–Kier alpha value is -2.16. The number of carbonyl (C=O) groups is 2. The van der Waals surface area contributed by atoms with Crippen LogP contribution in [0.3, 0.4) is 0 Å². The third kappa shape index (κ3) is 9.70. The van der Waals surface area contributed by atoms with Crippen LogP contribution in [0.25, 0.3) is 0 Å². The second kappa shape index (κ2) is 14.2. The number of halogens is 2. The zero-order valence-corrected chi connectivity index (χ0v) is 19.7. The number of hydrogen-bond acceptors (Lipinski definition) is 5. The third-order valence-corrected chi connectivity index (χ3v) is 5.78. The standard InChI is InChI=1S/C22H27Cl2NO2.C2H2O4/c23-19-7-3-17(4-8-19)22(18-5-9-20(24)10-6-18)27-21-11-14-25(15-12-21)13-1-2-16-26;3-1(4)2(5)6/h3-10,21-22,26H,1-2,11-16H2;(H,3,4)(H,5,6). The minimum absolute atomic E-state index is 0.120. The fraction of sp³-hybridized carbons (Fsp3) is 0.417. The Balaban J connectivity index is 0.000000569. The summed E-state index contributed by atoms with van der Waals surface area (Å²) in [5.41, 5.74) is 2.21. The second-order valence-corrected chi connectivity index (χ2v) is 8.57. The van der Waals surface area contributed by atoms with E-state index in [2.05, 4.69) is 4.90 Å². The molecule has 0 amide bonds. The number of likely N-dealkylation sites (tertiary alicyclic amines) is 1. The van der Waals surface area contributed by atoms with Gasteiger partial charge in [-0.3, -0.25) is 0 Å². The summed E-state index contributed by atoms with van der Waals surface area (Å²) in [6, 6.07) is 15.8. The van der Waals surface area contributed by atoms with Gasteiger partial charge >= 0.3 is 11.9 Å². The highest BCUT2D eigenvalue weighted by Gasteiger charge is 2.24. The topological polar surface area (TPSA) is 107 Å². The minimum Gasteiger partial charge on any atom is -0.473 e. The maximum absolute atomic E-state index is 9.10. The molecule has 0 spiro atoms. The van der Waals surface area contributed by atoms with E-state index in [-0.39, 0.29) is 18.8 Å². The minimum atomic E-state index is -1.82. The molecular weight excluding hydrogens is 469 g/mol. The van der Waals surface area contributed by atoms with Crippen molar-refractivity contribution in [2.45, 2.75) is 37.9 Å². The largest absolute Gasteiger partial charge is 0.473 e. The van der Waals surface area contributed by atoms with Gasteiger partial charge in [0.25, 0.3) is 0 Å². The van der Waals surface area contributed by atoms with Crippen molar-refractivity contribution in [1.29, 1.82) is 0 Å². The van der Waals surface area contributed by atoms with Gasteiger partial charge in [-0.25, -0.2) is 9.59 Å². The van der Waals surface area contributed by atoms with Crippen LogP contribution in [-0.4, -0.2) is 64.5 Å². The van der Waals surface area contributed by atoms with Crippen LogP contribution >= 0.6 is 23.2 Å². The van der Waals surface area contributed by atoms with Gasteiger partial charge in [0.15, 0.2) is 0 Å². The summed E-state index contributed by atoms with van der Waals surface area (Å²) < 4.78 is 6.56. The van der Waals surface area contributed by atoms with Gasteiger partial charge in [0.05, 0.1) is 6.10 Å². The summed E-state index contributed by atoms with van der Waals surface area (Å²) in [6.45, 7) is 3.43. The maximum atomic E-state index is 9.10. The molecule has 0 atom stereocenters. The molecule has 0 radical (unpaired) electrons. The van der Waals surface area contributed by atoms with Gasteiger partial charge in [-0.1, -0.05) is 47.5 Å². The summed E-state index contributed by atoms with van der Waals surface area (Å²) in [5.74, 6) is -3.65. The van der Waals surface area contributed by atoms with Crippen molar-refractivity contribution in [3.05, 3.63) is 69.7 Å². The zero-order chi connectivity index (χ0) is 24.2. The van der Waals surface area contributed by atoms with Gasteiger partial charge < -0.3 is 25.0 Å².